The maximum atomic E-state index is 3.52. The standard InChI is InChI=1S/C10H13BrN2/c1-3-13-6-12-10-7(2)4-8(11)5-9(10)13/h4-5,12H,3,6H2,1-2H3. The fraction of sp³-hybridized carbons (Fsp3) is 0.400. The van der Waals surface area contributed by atoms with Crippen LogP contribution in [0.5, 0.6) is 0 Å². The van der Waals surface area contributed by atoms with Crippen molar-refractivity contribution < 1.29 is 0 Å². The van der Waals surface area contributed by atoms with Gasteiger partial charge in [0.15, 0.2) is 0 Å². The Morgan fingerprint density at radius 1 is 1.54 bits per heavy atom. The lowest BCUT2D eigenvalue weighted by Gasteiger charge is -2.15. The molecule has 1 heterocycles. The molecular weight excluding hydrogens is 228 g/mol. The Kier molecular flexibility index (Phi) is 2.20. The van der Waals surface area contributed by atoms with Gasteiger partial charge in [-0.25, -0.2) is 0 Å². The summed E-state index contributed by atoms with van der Waals surface area (Å²) in [6, 6.07) is 4.32. The zero-order valence-corrected chi connectivity index (χ0v) is 9.48. The van der Waals surface area contributed by atoms with E-state index in [0.29, 0.717) is 0 Å². The normalized spacial score (nSPS) is 14.2. The van der Waals surface area contributed by atoms with Gasteiger partial charge < -0.3 is 10.2 Å². The van der Waals surface area contributed by atoms with E-state index in [0.717, 1.165) is 17.7 Å². The number of benzene rings is 1. The predicted molar refractivity (Wildman–Crippen MR) is 60.4 cm³/mol. The van der Waals surface area contributed by atoms with Crippen molar-refractivity contribution in [1.82, 2.24) is 0 Å². The summed E-state index contributed by atoms with van der Waals surface area (Å²) in [7, 11) is 0. The Balaban J connectivity index is 2.51. The summed E-state index contributed by atoms with van der Waals surface area (Å²) < 4.78 is 1.16. The number of hydrogen-bond acceptors (Lipinski definition) is 2. The third kappa shape index (κ3) is 1.41. The first-order valence-electron chi connectivity index (χ1n) is 4.51. The number of rotatable bonds is 1. The topological polar surface area (TPSA) is 15.3 Å². The monoisotopic (exact) mass is 240 g/mol. The molecule has 13 heavy (non-hydrogen) atoms. The second-order valence-corrected chi connectivity index (χ2v) is 4.22. The third-order valence-corrected chi connectivity index (χ3v) is 2.91. The lowest BCUT2D eigenvalue weighted by atomic mass is 10.2. The van der Waals surface area contributed by atoms with Crippen molar-refractivity contribution in [2.24, 2.45) is 0 Å². The molecule has 0 aromatic heterocycles. The van der Waals surface area contributed by atoms with Crippen LogP contribution in [0.4, 0.5) is 11.4 Å². The van der Waals surface area contributed by atoms with Gasteiger partial charge in [-0.1, -0.05) is 15.9 Å². The maximum absolute atomic E-state index is 3.52. The van der Waals surface area contributed by atoms with Gasteiger partial charge in [0.2, 0.25) is 0 Å². The van der Waals surface area contributed by atoms with Crippen LogP contribution in [0.15, 0.2) is 16.6 Å². The van der Waals surface area contributed by atoms with Gasteiger partial charge in [0.1, 0.15) is 0 Å². The van der Waals surface area contributed by atoms with Gasteiger partial charge >= 0.3 is 0 Å². The highest BCUT2D eigenvalue weighted by molar-refractivity contribution is 9.10. The summed E-state index contributed by atoms with van der Waals surface area (Å²) >= 11 is 3.52. The fourth-order valence-electron chi connectivity index (χ4n) is 1.75. The number of hydrogen-bond donors (Lipinski definition) is 1. The van der Waals surface area contributed by atoms with Crippen LogP contribution in [0.3, 0.4) is 0 Å². The summed E-state index contributed by atoms with van der Waals surface area (Å²) in [5.74, 6) is 0. The fourth-order valence-corrected chi connectivity index (χ4v) is 2.31. The molecule has 1 aromatic carbocycles. The van der Waals surface area contributed by atoms with Crippen molar-refractivity contribution in [2.45, 2.75) is 13.8 Å². The molecule has 0 saturated carbocycles. The summed E-state index contributed by atoms with van der Waals surface area (Å²) in [5.41, 5.74) is 3.90. The number of anilines is 2. The SMILES string of the molecule is CCN1CNc2c(C)cc(Br)cc21. The van der Waals surface area contributed by atoms with Gasteiger partial charge in [0.25, 0.3) is 0 Å². The van der Waals surface area contributed by atoms with Crippen molar-refractivity contribution in [3.63, 3.8) is 0 Å². The van der Waals surface area contributed by atoms with Crippen molar-refractivity contribution in [3.05, 3.63) is 22.2 Å². The van der Waals surface area contributed by atoms with Crippen LogP contribution in [0, 0.1) is 6.92 Å². The van der Waals surface area contributed by atoms with E-state index in [1.165, 1.54) is 16.9 Å². The molecule has 0 fully saturated rings. The lowest BCUT2D eigenvalue weighted by molar-refractivity contribution is 0.911. The third-order valence-electron chi connectivity index (χ3n) is 2.45. The molecular formula is C10H13BrN2. The number of fused-ring (bicyclic) bond motifs is 1. The van der Waals surface area contributed by atoms with Gasteiger partial charge in [-0.05, 0) is 31.5 Å². The van der Waals surface area contributed by atoms with E-state index in [4.69, 9.17) is 0 Å². The molecule has 1 aromatic rings. The first-order valence-corrected chi connectivity index (χ1v) is 5.30. The van der Waals surface area contributed by atoms with E-state index in [-0.39, 0.29) is 0 Å². The Bertz CT molecular complexity index is 336. The molecule has 1 aliphatic rings. The average Bonchev–Trinajstić information content (AvgIpc) is 2.47. The van der Waals surface area contributed by atoms with E-state index >= 15 is 0 Å². The predicted octanol–water partition coefficient (Wildman–Crippen LogP) is 2.97. The highest BCUT2D eigenvalue weighted by atomic mass is 79.9. The van der Waals surface area contributed by atoms with Gasteiger partial charge in [-0.15, -0.1) is 0 Å². The first-order chi connectivity index (χ1) is 6.22. The molecule has 0 amide bonds. The minimum atomic E-state index is 0.934. The van der Waals surface area contributed by atoms with Crippen molar-refractivity contribution in [3.8, 4) is 0 Å². The van der Waals surface area contributed by atoms with E-state index in [1.54, 1.807) is 0 Å². The molecule has 1 N–H and O–H groups in total. The Labute approximate surface area is 87.1 Å². The molecule has 1 aliphatic heterocycles. The number of halogens is 1. The second kappa shape index (κ2) is 3.22. The second-order valence-electron chi connectivity index (χ2n) is 3.31. The molecule has 0 bridgehead atoms. The smallest absolute Gasteiger partial charge is 0.0877 e. The largest absolute Gasteiger partial charge is 0.366 e. The average molecular weight is 241 g/mol. The summed E-state index contributed by atoms with van der Waals surface area (Å²) in [6.45, 7) is 6.29. The lowest BCUT2D eigenvalue weighted by Crippen LogP contribution is -2.21. The van der Waals surface area contributed by atoms with Crippen molar-refractivity contribution in [2.75, 3.05) is 23.4 Å². The number of nitrogens with zero attached hydrogens (tertiary/aromatic N) is 1. The minimum absolute atomic E-state index is 0.934. The molecule has 0 radical (unpaired) electrons. The van der Waals surface area contributed by atoms with Gasteiger partial charge in [0.05, 0.1) is 18.0 Å². The van der Waals surface area contributed by atoms with Crippen LogP contribution >= 0.6 is 15.9 Å². The van der Waals surface area contributed by atoms with Crippen LogP contribution in [0.25, 0.3) is 0 Å². The first kappa shape index (κ1) is 8.88. The molecule has 3 heteroatoms. The van der Waals surface area contributed by atoms with E-state index in [9.17, 15) is 0 Å². The van der Waals surface area contributed by atoms with Crippen LogP contribution in [-0.4, -0.2) is 13.2 Å². The van der Waals surface area contributed by atoms with Crippen LogP contribution in [0.2, 0.25) is 0 Å². The van der Waals surface area contributed by atoms with Crippen LogP contribution < -0.4 is 10.2 Å². The summed E-state index contributed by atoms with van der Waals surface area (Å²) in [4.78, 5) is 2.33. The zero-order chi connectivity index (χ0) is 9.42. The quantitative estimate of drug-likeness (QED) is 0.813. The number of aryl methyl sites for hydroxylation is 1. The highest BCUT2D eigenvalue weighted by Gasteiger charge is 2.18. The van der Waals surface area contributed by atoms with E-state index in [1.807, 2.05) is 0 Å². The van der Waals surface area contributed by atoms with E-state index in [2.05, 4.69) is 52.1 Å². The number of nitrogens with one attached hydrogen (secondary N) is 1. The zero-order valence-electron chi connectivity index (χ0n) is 7.89. The highest BCUT2D eigenvalue weighted by Crippen LogP contribution is 2.36. The van der Waals surface area contributed by atoms with Crippen molar-refractivity contribution >= 4 is 27.3 Å². The van der Waals surface area contributed by atoms with Gasteiger partial charge in [0, 0.05) is 11.0 Å². The van der Waals surface area contributed by atoms with Gasteiger partial charge in [-0.2, -0.15) is 0 Å². The molecule has 0 unspecified atom stereocenters. The molecule has 0 aliphatic carbocycles. The molecule has 2 nitrogen and oxygen atoms in total. The van der Waals surface area contributed by atoms with Crippen molar-refractivity contribution in [1.29, 1.82) is 0 Å². The summed E-state index contributed by atoms with van der Waals surface area (Å²) in [6.07, 6.45) is 0. The molecule has 2 rings (SSSR count). The minimum Gasteiger partial charge on any atom is -0.366 e. The molecule has 0 saturated heterocycles. The van der Waals surface area contributed by atoms with Gasteiger partial charge in [-0.3, -0.25) is 0 Å². The molecule has 0 spiro atoms. The van der Waals surface area contributed by atoms with E-state index < -0.39 is 0 Å². The Hall–Kier alpha value is -0.700. The summed E-state index contributed by atoms with van der Waals surface area (Å²) in [5, 5.41) is 3.40. The van der Waals surface area contributed by atoms with Crippen LogP contribution in [-0.2, 0) is 0 Å². The molecule has 70 valence electrons. The Morgan fingerprint density at radius 2 is 2.31 bits per heavy atom. The Morgan fingerprint density at radius 3 is 3.00 bits per heavy atom. The molecule has 0 atom stereocenters. The van der Waals surface area contributed by atoms with Crippen LogP contribution in [0.1, 0.15) is 12.5 Å². The maximum Gasteiger partial charge on any atom is 0.0877 e.